The van der Waals surface area contributed by atoms with Crippen LogP contribution in [-0.4, -0.2) is 11.0 Å². The highest BCUT2D eigenvalue weighted by Crippen LogP contribution is 2.26. The van der Waals surface area contributed by atoms with Crippen LogP contribution in [0.4, 0.5) is 4.39 Å². The summed E-state index contributed by atoms with van der Waals surface area (Å²) in [7, 11) is 0. The molecule has 0 heterocycles. The number of aromatic hydroxyl groups is 1. The van der Waals surface area contributed by atoms with Gasteiger partial charge in [0.2, 0.25) is 0 Å². The zero-order valence-electron chi connectivity index (χ0n) is 15.1. The van der Waals surface area contributed by atoms with Crippen LogP contribution in [0.25, 0.3) is 0 Å². The van der Waals surface area contributed by atoms with Gasteiger partial charge in [-0.3, -0.25) is 4.79 Å². The van der Waals surface area contributed by atoms with Crippen molar-refractivity contribution in [3.05, 3.63) is 88.7 Å². The number of ether oxygens (including phenoxy) is 1. The summed E-state index contributed by atoms with van der Waals surface area (Å²) in [6.45, 7) is 4.04. The lowest BCUT2D eigenvalue weighted by molar-refractivity contribution is 0.0948. The quantitative estimate of drug-likeness (QED) is 0.678. The van der Waals surface area contributed by atoms with Crippen molar-refractivity contribution in [3.63, 3.8) is 0 Å². The summed E-state index contributed by atoms with van der Waals surface area (Å²) in [5, 5.41) is 12.7. The second-order valence-electron chi connectivity index (χ2n) is 6.36. The first-order valence-corrected chi connectivity index (χ1v) is 8.53. The highest BCUT2D eigenvalue weighted by Gasteiger charge is 2.11. The summed E-state index contributed by atoms with van der Waals surface area (Å²) in [4.78, 5) is 12.3. The molecule has 0 fully saturated rings. The van der Waals surface area contributed by atoms with Gasteiger partial charge in [0, 0.05) is 6.54 Å². The molecule has 27 heavy (non-hydrogen) atoms. The SMILES string of the molecule is Cc1ccc(C(=O)NCc2ccc(C)c(Oc3ccc(F)cc3)c2)c(O)c1. The van der Waals surface area contributed by atoms with Gasteiger partial charge in [0.25, 0.3) is 5.91 Å². The van der Waals surface area contributed by atoms with Crippen molar-refractivity contribution in [2.24, 2.45) is 0 Å². The van der Waals surface area contributed by atoms with Gasteiger partial charge in [-0.1, -0.05) is 18.2 Å². The van der Waals surface area contributed by atoms with Crippen molar-refractivity contribution in [1.82, 2.24) is 5.32 Å². The molecular weight excluding hydrogens is 345 g/mol. The predicted octanol–water partition coefficient (Wildman–Crippen LogP) is 4.87. The molecule has 0 unspecified atom stereocenters. The molecule has 0 saturated carbocycles. The van der Waals surface area contributed by atoms with Crippen molar-refractivity contribution in [2.45, 2.75) is 20.4 Å². The Balaban J connectivity index is 1.70. The number of phenols is 1. The van der Waals surface area contributed by atoms with Gasteiger partial charge in [0.1, 0.15) is 23.1 Å². The molecule has 3 aromatic rings. The molecule has 3 aromatic carbocycles. The van der Waals surface area contributed by atoms with E-state index in [1.54, 1.807) is 30.3 Å². The zero-order valence-corrected chi connectivity index (χ0v) is 15.1. The Morgan fingerprint density at radius 3 is 2.48 bits per heavy atom. The van der Waals surface area contributed by atoms with E-state index in [-0.39, 0.29) is 29.6 Å². The van der Waals surface area contributed by atoms with Crippen molar-refractivity contribution < 1.29 is 19.0 Å². The highest BCUT2D eigenvalue weighted by molar-refractivity contribution is 5.96. The smallest absolute Gasteiger partial charge is 0.255 e. The van der Waals surface area contributed by atoms with E-state index < -0.39 is 0 Å². The molecule has 0 aliphatic heterocycles. The summed E-state index contributed by atoms with van der Waals surface area (Å²) < 4.78 is 18.8. The molecule has 0 bridgehead atoms. The van der Waals surface area contributed by atoms with Crippen LogP contribution in [0.15, 0.2) is 60.7 Å². The molecule has 0 aliphatic carbocycles. The number of halogens is 1. The van der Waals surface area contributed by atoms with Crippen LogP contribution in [0, 0.1) is 19.7 Å². The van der Waals surface area contributed by atoms with Crippen molar-refractivity contribution in [3.8, 4) is 17.2 Å². The van der Waals surface area contributed by atoms with E-state index in [1.165, 1.54) is 12.1 Å². The molecule has 0 radical (unpaired) electrons. The average Bonchev–Trinajstić information content (AvgIpc) is 2.64. The second kappa shape index (κ2) is 7.91. The lowest BCUT2D eigenvalue weighted by Gasteiger charge is -2.12. The Hall–Kier alpha value is -3.34. The van der Waals surface area contributed by atoms with E-state index in [0.29, 0.717) is 11.5 Å². The number of phenolic OH excluding ortho intramolecular Hbond substituents is 1. The first-order chi connectivity index (χ1) is 12.9. The predicted molar refractivity (Wildman–Crippen MR) is 102 cm³/mol. The first kappa shape index (κ1) is 18.5. The van der Waals surface area contributed by atoms with E-state index in [9.17, 15) is 14.3 Å². The molecule has 0 aromatic heterocycles. The van der Waals surface area contributed by atoms with Crippen LogP contribution in [0.3, 0.4) is 0 Å². The number of rotatable bonds is 5. The van der Waals surface area contributed by atoms with Crippen molar-refractivity contribution in [2.75, 3.05) is 0 Å². The van der Waals surface area contributed by atoms with Crippen molar-refractivity contribution >= 4 is 5.91 Å². The van der Waals surface area contributed by atoms with Gasteiger partial charge in [-0.05, 0) is 73.0 Å². The maximum Gasteiger partial charge on any atom is 0.255 e. The van der Waals surface area contributed by atoms with Gasteiger partial charge in [-0.15, -0.1) is 0 Å². The summed E-state index contributed by atoms with van der Waals surface area (Å²) in [5.74, 6) is 0.442. The monoisotopic (exact) mass is 365 g/mol. The van der Waals surface area contributed by atoms with Crippen LogP contribution in [0.2, 0.25) is 0 Å². The van der Waals surface area contributed by atoms with Gasteiger partial charge >= 0.3 is 0 Å². The van der Waals surface area contributed by atoms with Crippen LogP contribution >= 0.6 is 0 Å². The van der Waals surface area contributed by atoms with Crippen molar-refractivity contribution in [1.29, 1.82) is 0 Å². The minimum Gasteiger partial charge on any atom is -0.507 e. The fourth-order valence-electron chi connectivity index (χ4n) is 2.61. The molecule has 0 aliphatic rings. The molecule has 2 N–H and O–H groups in total. The third-order valence-corrected chi connectivity index (χ3v) is 4.14. The normalized spacial score (nSPS) is 10.5. The maximum absolute atomic E-state index is 13.0. The van der Waals surface area contributed by atoms with Crippen LogP contribution < -0.4 is 10.1 Å². The Labute approximate surface area is 157 Å². The summed E-state index contributed by atoms with van der Waals surface area (Å²) in [6, 6.07) is 16.3. The van der Waals surface area contributed by atoms with E-state index in [0.717, 1.165) is 16.7 Å². The summed E-state index contributed by atoms with van der Waals surface area (Å²) in [5.41, 5.74) is 2.88. The van der Waals surface area contributed by atoms with Gasteiger partial charge in [0.05, 0.1) is 5.56 Å². The molecule has 3 rings (SSSR count). The number of hydrogen-bond acceptors (Lipinski definition) is 3. The number of aryl methyl sites for hydroxylation is 2. The zero-order chi connectivity index (χ0) is 19.4. The van der Waals surface area contributed by atoms with E-state index >= 15 is 0 Å². The standard InChI is InChI=1S/C22H20FNO3/c1-14-3-10-19(20(25)11-14)22(26)24-13-16-5-4-15(2)21(12-16)27-18-8-6-17(23)7-9-18/h3-12,25H,13H2,1-2H3,(H,24,26). The molecule has 0 atom stereocenters. The van der Waals surface area contributed by atoms with Gasteiger partial charge in [0.15, 0.2) is 0 Å². The fourth-order valence-corrected chi connectivity index (χ4v) is 2.61. The molecule has 0 saturated heterocycles. The number of nitrogens with one attached hydrogen (secondary N) is 1. The van der Waals surface area contributed by atoms with Gasteiger partial charge in [-0.25, -0.2) is 4.39 Å². The fraction of sp³-hybridized carbons (Fsp3) is 0.136. The van der Waals surface area contributed by atoms with E-state index in [2.05, 4.69) is 5.32 Å². The topological polar surface area (TPSA) is 58.6 Å². The molecule has 5 heteroatoms. The maximum atomic E-state index is 13.0. The number of benzene rings is 3. The van der Waals surface area contributed by atoms with E-state index in [4.69, 9.17) is 4.74 Å². The van der Waals surface area contributed by atoms with Gasteiger partial charge < -0.3 is 15.2 Å². The molecule has 138 valence electrons. The Morgan fingerprint density at radius 2 is 1.78 bits per heavy atom. The number of carbonyl (C=O) groups excluding carboxylic acids is 1. The lowest BCUT2D eigenvalue weighted by atomic mass is 10.1. The second-order valence-corrected chi connectivity index (χ2v) is 6.36. The molecule has 1 amide bonds. The number of carbonyl (C=O) groups is 1. The highest BCUT2D eigenvalue weighted by atomic mass is 19.1. The van der Waals surface area contributed by atoms with E-state index in [1.807, 2.05) is 32.0 Å². The Morgan fingerprint density at radius 1 is 1.04 bits per heavy atom. The number of hydrogen-bond donors (Lipinski definition) is 2. The largest absolute Gasteiger partial charge is 0.507 e. The lowest BCUT2D eigenvalue weighted by Crippen LogP contribution is -2.22. The Kier molecular flexibility index (Phi) is 5.41. The minimum atomic E-state index is -0.353. The first-order valence-electron chi connectivity index (χ1n) is 8.53. The van der Waals surface area contributed by atoms with Gasteiger partial charge in [-0.2, -0.15) is 0 Å². The molecular formula is C22H20FNO3. The van der Waals surface area contributed by atoms with Crippen LogP contribution in [0.5, 0.6) is 17.2 Å². The molecule has 0 spiro atoms. The average molecular weight is 365 g/mol. The summed E-state index contributed by atoms with van der Waals surface area (Å²) >= 11 is 0. The third kappa shape index (κ3) is 4.64. The summed E-state index contributed by atoms with van der Waals surface area (Å²) in [6.07, 6.45) is 0. The molecule has 4 nitrogen and oxygen atoms in total. The number of amides is 1. The van der Waals surface area contributed by atoms with Crippen LogP contribution in [0.1, 0.15) is 27.0 Å². The van der Waals surface area contributed by atoms with Crippen LogP contribution in [-0.2, 0) is 6.54 Å². The Bertz CT molecular complexity index is 968. The third-order valence-electron chi connectivity index (χ3n) is 4.14. The minimum absolute atomic E-state index is 0.0447.